The normalized spacial score (nSPS) is 14.9. The molecule has 1 aromatic carbocycles. The van der Waals surface area contributed by atoms with E-state index in [1.165, 1.54) is 0 Å². The van der Waals surface area contributed by atoms with E-state index in [4.69, 9.17) is 15.2 Å². The minimum Gasteiger partial charge on any atom is -0.454 e. The van der Waals surface area contributed by atoms with Gasteiger partial charge in [0.25, 0.3) is 0 Å². The molecule has 0 fully saturated rings. The van der Waals surface area contributed by atoms with Crippen LogP contribution >= 0.6 is 0 Å². The first-order chi connectivity index (χ1) is 7.65. The second-order valence-corrected chi connectivity index (χ2v) is 3.93. The number of nitrogens with two attached hydrogens (primary N) is 1. The van der Waals surface area contributed by atoms with E-state index in [-0.39, 0.29) is 12.7 Å². The molecule has 1 heterocycles. The van der Waals surface area contributed by atoms with Gasteiger partial charge in [-0.25, -0.2) is 0 Å². The number of benzene rings is 1. The topological polar surface area (TPSA) is 61.6 Å². The highest BCUT2D eigenvalue weighted by molar-refractivity contribution is 5.95. The van der Waals surface area contributed by atoms with Crippen molar-refractivity contribution in [2.75, 3.05) is 6.79 Å². The average Bonchev–Trinajstić information content (AvgIpc) is 2.74. The van der Waals surface area contributed by atoms with Gasteiger partial charge < -0.3 is 15.2 Å². The molecule has 2 N–H and O–H groups in total. The summed E-state index contributed by atoms with van der Waals surface area (Å²) in [4.78, 5) is 11.4. The predicted octanol–water partition coefficient (Wildman–Crippen LogP) is 2.03. The third kappa shape index (κ3) is 1.60. The molecule has 0 aromatic heterocycles. The number of hydrogen-bond acceptors (Lipinski definition) is 3. The van der Waals surface area contributed by atoms with E-state index < -0.39 is 5.91 Å². The van der Waals surface area contributed by atoms with Crippen molar-refractivity contribution in [2.45, 2.75) is 26.2 Å². The minimum absolute atomic E-state index is 0.209. The molecule has 0 saturated heterocycles. The smallest absolute Gasteiger partial charge is 0.249 e. The molecular formula is C12H15NO3. The Balaban J connectivity index is 2.59. The lowest BCUT2D eigenvalue weighted by Gasteiger charge is -2.15. The van der Waals surface area contributed by atoms with E-state index in [0.717, 1.165) is 12.0 Å². The molecule has 4 heteroatoms. The molecule has 16 heavy (non-hydrogen) atoms. The Bertz CT molecular complexity index is 429. The van der Waals surface area contributed by atoms with Crippen LogP contribution in [0.1, 0.15) is 42.1 Å². The molecule has 0 bridgehead atoms. The molecule has 1 aliphatic heterocycles. The van der Waals surface area contributed by atoms with Gasteiger partial charge in [-0.1, -0.05) is 13.8 Å². The van der Waals surface area contributed by atoms with Crippen LogP contribution in [0.25, 0.3) is 0 Å². The second-order valence-electron chi connectivity index (χ2n) is 3.93. The number of primary amides is 1. The first kappa shape index (κ1) is 10.8. The fraction of sp³-hybridized carbons (Fsp3) is 0.417. The summed E-state index contributed by atoms with van der Waals surface area (Å²) in [5, 5.41) is 0. The fourth-order valence-electron chi connectivity index (χ4n) is 1.90. The number of amides is 1. The van der Waals surface area contributed by atoms with Crippen LogP contribution in [0.5, 0.6) is 11.5 Å². The van der Waals surface area contributed by atoms with E-state index in [1.54, 1.807) is 12.1 Å². The molecule has 1 atom stereocenters. The summed E-state index contributed by atoms with van der Waals surface area (Å²) in [6.07, 6.45) is 0.917. The van der Waals surface area contributed by atoms with Crippen LogP contribution in [-0.2, 0) is 0 Å². The van der Waals surface area contributed by atoms with Crippen LogP contribution in [0.15, 0.2) is 12.1 Å². The summed E-state index contributed by atoms with van der Waals surface area (Å²) >= 11 is 0. The van der Waals surface area contributed by atoms with Crippen molar-refractivity contribution < 1.29 is 14.3 Å². The Morgan fingerprint density at radius 2 is 2.25 bits per heavy atom. The molecule has 86 valence electrons. The minimum atomic E-state index is -0.423. The van der Waals surface area contributed by atoms with Crippen LogP contribution in [0.4, 0.5) is 0 Å². The Hall–Kier alpha value is -1.71. The van der Waals surface area contributed by atoms with Gasteiger partial charge in [-0.15, -0.1) is 0 Å². The summed E-state index contributed by atoms with van der Waals surface area (Å²) in [6, 6.07) is 3.44. The molecule has 4 nitrogen and oxygen atoms in total. The van der Waals surface area contributed by atoms with Gasteiger partial charge in [-0.2, -0.15) is 0 Å². The van der Waals surface area contributed by atoms with E-state index >= 15 is 0 Å². The van der Waals surface area contributed by atoms with Crippen molar-refractivity contribution in [3.8, 4) is 11.5 Å². The third-order valence-corrected chi connectivity index (χ3v) is 2.95. The Morgan fingerprint density at radius 1 is 1.50 bits per heavy atom. The average molecular weight is 221 g/mol. The number of fused-ring (bicyclic) bond motifs is 1. The first-order valence-corrected chi connectivity index (χ1v) is 5.37. The van der Waals surface area contributed by atoms with Crippen molar-refractivity contribution in [3.63, 3.8) is 0 Å². The summed E-state index contributed by atoms with van der Waals surface area (Å²) in [5.74, 6) is 1.17. The molecule has 1 aliphatic rings. The molecule has 0 radical (unpaired) electrons. The zero-order chi connectivity index (χ0) is 11.7. The highest BCUT2D eigenvalue weighted by Gasteiger charge is 2.25. The Kier molecular flexibility index (Phi) is 2.73. The van der Waals surface area contributed by atoms with Crippen molar-refractivity contribution in [2.24, 2.45) is 5.73 Å². The van der Waals surface area contributed by atoms with Gasteiger partial charge in [0.1, 0.15) is 0 Å². The van der Waals surface area contributed by atoms with E-state index in [2.05, 4.69) is 6.92 Å². The zero-order valence-corrected chi connectivity index (χ0v) is 9.45. The Morgan fingerprint density at radius 3 is 2.88 bits per heavy atom. The molecule has 1 aromatic rings. The van der Waals surface area contributed by atoms with Gasteiger partial charge in [0.2, 0.25) is 12.7 Å². The highest BCUT2D eigenvalue weighted by Crippen LogP contribution is 2.42. The Labute approximate surface area is 94.3 Å². The summed E-state index contributed by atoms with van der Waals surface area (Å²) in [6.45, 7) is 4.31. The van der Waals surface area contributed by atoms with Crippen LogP contribution in [0.2, 0.25) is 0 Å². The van der Waals surface area contributed by atoms with Crippen LogP contribution in [0.3, 0.4) is 0 Å². The van der Waals surface area contributed by atoms with E-state index in [0.29, 0.717) is 17.1 Å². The standard InChI is InChI=1S/C12H15NO3/c1-3-7(2)10-8(12(13)14)4-5-9-11(10)16-6-15-9/h4-5,7H,3,6H2,1-2H3,(H2,13,14). The van der Waals surface area contributed by atoms with Gasteiger partial charge in [0.15, 0.2) is 11.5 Å². The molecule has 1 unspecified atom stereocenters. The quantitative estimate of drug-likeness (QED) is 0.849. The molecule has 0 saturated carbocycles. The SMILES string of the molecule is CCC(C)c1c(C(N)=O)ccc2c1OCO2. The molecule has 0 aliphatic carbocycles. The molecule has 1 amide bonds. The number of carbonyl (C=O) groups excluding carboxylic acids is 1. The van der Waals surface area contributed by atoms with Crippen molar-refractivity contribution in [1.29, 1.82) is 0 Å². The van der Waals surface area contributed by atoms with Gasteiger partial charge in [0.05, 0.1) is 0 Å². The van der Waals surface area contributed by atoms with Crippen molar-refractivity contribution in [1.82, 2.24) is 0 Å². The van der Waals surface area contributed by atoms with E-state index in [1.807, 2.05) is 6.92 Å². The van der Waals surface area contributed by atoms with Gasteiger partial charge in [-0.05, 0) is 24.5 Å². The highest BCUT2D eigenvalue weighted by atomic mass is 16.7. The number of carbonyl (C=O) groups is 1. The summed E-state index contributed by atoms with van der Waals surface area (Å²) < 4.78 is 10.7. The van der Waals surface area contributed by atoms with E-state index in [9.17, 15) is 4.79 Å². The third-order valence-electron chi connectivity index (χ3n) is 2.95. The number of rotatable bonds is 3. The maximum Gasteiger partial charge on any atom is 0.249 e. The first-order valence-electron chi connectivity index (χ1n) is 5.37. The fourth-order valence-corrected chi connectivity index (χ4v) is 1.90. The second kappa shape index (κ2) is 4.04. The lowest BCUT2D eigenvalue weighted by Crippen LogP contribution is -2.15. The molecular weight excluding hydrogens is 206 g/mol. The summed E-state index contributed by atoms with van der Waals surface area (Å²) in [7, 11) is 0. The largest absolute Gasteiger partial charge is 0.454 e. The van der Waals surface area contributed by atoms with Crippen LogP contribution in [-0.4, -0.2) is 12.7 Å². The van der Waals surface area contributed by atoms with Gasteiger partial charge in [-0.3, -0.25) is 4.79 Å². The van der Waals surface area contributed by atoms with Crippen molar-refractivity contribution >= 4 is 5.91 Å². The van der Waals surface area contributed by atoms with Gasteiger partial charge >= 0.3 is 0 Å². The monoisotopic (exact) mass is 221 g/mol. The van der Waals surface area contributed by atoms with Crippen LogP contribution in [0, 0.1) is 0 Å². The maximum absolute atomic E-state index is 11.4. The van der Waals surface area contributed by atoms with Gasteiger partial charge in [0, 0.05) is 11.1 Å². The number of hydrogen-bond donors (Lipinski definition) is 1. The predicted molar refractivity (Wildman–Crippen MR) is 59.8 cm³/mol. The summed E-state index contributed by atoms with van der Waals surface area (Å²) in [5.41, 5.74) is 6.76. The van der Waals surface area contributed by atoms with Crippen molar-refractivity contribution in [3.05, 3.63) is 23.3 Å². The lowest BCUT2D eigenvalue weighted by atomic mass is 9.92. The lowest BCUT2D eigenvalue weighted by molar-refractivity contribution is 0.0998. The maximum atomic E-state index is 11.4. The zero-order valence-electron chi connectivity index (χ0n) is 9.45. The number of ether oxygens (including phenoxy) is 2. The molecule has 2 rings (SSSR count). The van der Waals surface area contributed by atoms with Crippen LogP contribution < -0.4 is 15.2 Å². The molecule has 0 spiro atoms.